The van der Waals surface area contributed by atoms with Crippen molar-refractivity contribution in [2.75, 3.05) is 6.54 Å². The van der Waals surface area contributed by atoms with Gasteiger partial charge in [-0.1, -0.05) is 51.6 Å². The molecule has 1 N–H and O–H groups in total. The van der Waals surface area contributed by atoms with Crippen molar-refractivity contribution in [1.29, 1.82) is 0 Å². The van der Waals surface area contributed by atoms with Crippen molar-refractivity contribution < 1.29 is 4.79 Å². The fraction of sp³-hybridized carbons (Fsp3) is 0.533. The number of rotatable bonds is 3. The molecule has 1 aromatic rings. The van der Waals surface area contributed by atoms with Crippen LogP contribution in [0, 0.1) is 11.8 Å². The van der Waals surface area contributed by atoms with Crippen LogP contribution in [0.4, 0.5) is 0 Å². The second kappa shape index (κ2) is 6.89. The molecule has 0 unspecified atom stereocenters. The first kappa shape index (κ1) is 15.0. The van der Waals surface area contributed by atoms with Gasteiger partial charge in [0.25, 0.3) is 5.91 Å². The van der Waals surface area contributed by atoms with Crippen LogP contribution in [0.25, 0.3) is 0 Å². The van der Waals surface area contributed by atoms with Gasteiger partial charge in [0.15, 0.2) is 0 Å². The van der Waals surface area contributed by atoms with E-state index >= 15 is 0 Å². The lowest BCUT2D eigenvalue weighted by Gasteiger charge is -2.26. The van der Waals surface area contributed by atoms with Gasteiger partial charge in [-0.3, -0.25) is 4.79 Å². The molecule has 2 nitrogen and oxygen atoms in total. The number of nitrogens with one attached hydrogen (secondary N) is 1. The highest BCUT2D eigenvalue weighted by molar-refractivity contribution is 9.11. The van der Waals surface area contributed by atoms with Crippen molar-refractivity contribution in [2.24, 2.45) is 11.8 Å². The first-order valence-electron chi connectivity index (χ1n) is 6.79. The van der Waals surface area contributed by atoms with Gasteiger partial charge in [0, 0.05) is 21.1 Å². The summed E-state index contributed by atoms with van der Waals surface area (Å²) in [6.07, 6.45) is 5.07. The molecule has 0 aromatic heterocycles. The van der Waals surface area contributed by atoms with Crippen molar-refractivity contribution in [1.82, 2.24) is 5.32 Å². The van der Waals surface area contributed by atoms with E-state index in [0.717, 1.165) is 21.4 Å². The Balaban J connectivity index is 1.87. The van der Waals surface area contributed by atoms with Crippen molar-refractivity contribution in [2.45, 2.75) is 32.6 Å². The van der Waals surface area contributed by atoms with E-state index in [1.165, 1.54) is 25.7 Å². The smallest absolute Gasteiger partial charge is 0.251 e. The normalized spacial score (nSPS) is 23.1. The van der Waals surface area contributed by atoms with Gasteiger partial charge >= 0.3 is 0 Å². The lowest BCUT2D eigenvalue weighted by Crippen LogP contribution is -2.31. The summed E-state index contributed by atoms with van der Waals surface area (Å²) in [6, 6.07) is 5.63. The van der Waals surface area contributed by atoms with Gasteiger partial charge in [0.1, 0.15) is 0 Å². The van der Waals surface area contributed by atoms with Crippen LogP contribution < -0.4 is 5.32 Å². The largest absolute Gasteiger partial charge is 0.352 e. The molecule has 0 atom stereocenters. The second-order valence-electron chi connectivity index (χ2n) is 5.49. The quantitative estimate of drug-likeness (QED) is 0.793. The summed E-state index contributed by atoms with van der Waals surface area (Å²) in [6.45, 7) is 3.11. The number of halogens is 2. The van der Waals surface area contributed by atoms with Crippen LogP contribution in [0.3, 0.4) is 0 Å². The minimum atomic E-state index is 0.0145. The predicted molar refractivity (Wildman–Crippen MR) is 85.3 cm³/mol. The molecule has 1 aliphatic carbocycles. The average molecular weight is 389 g/mol. The van der Waals surface area contributed by atoms with Crippen molar-refractivity contribution in [3.8, 4) is 0 Å². The molecule has 1 saturated carbocycles. The fourth-order valence-electron chi connectivity index (χ4n) is 2.56. The minimum Gasteiger partial charge on any atom is -0.352 e. The van der Waals surface area contributed by atoms with E-state index in [0.29, 0.717) is 11.5 Å². The lowest BCUT2D eigenvalue weighted by molar-refractivity contribution is 0.0941. The van der Waals surface area contributed by atoms with Crippen LogP contribution in [-0.2, 0) is 0 Å². The van der Waals surface area contributed by atoms with Crippen LogP contribution in [0.2, 0.25) is 0 Å². The highest BCUT2D eigenvalue weighted by Crippen LogP contribution is 2.27. The molecule has 0 spiro atoms. The standard InChI is InChI=1S/C15H19Br2NO/c1-10-2-4-11(5-3-10)9-18-15(19)12-6-13(16)8-14(17)7-12/h6-8,10-11H,2-5,9H2,1H3,(H,18,19). The molecule has 1 amide bonds. The maximum atomic E-state index is 12.1. The van der Waals surface area contributed by atoms with E-state index < -0.39 is 0 Å². The lowest BCUT2D eigenvalue weighted by atomic mass is 9.83. The van der Waals surface area contributed by atoms with Crippen LogP contribution in [0.5, 0.6) is 0 Å². The van der Waals surface area contributed by atoms with E-state index in [2.05, 4.69) is 44.1 Å². The van der Waals surface area contributed by atoms with Crippen LogP contribution in [0.1, 0.15) is 43.0 Å². The Labute approximate surface area is 131 Å². The third-order valence-corrected chi connectivity index (χ3v) is 4.73. The van der Waals surface area contributed by atoms with E-state index in [-0.39, 0.29) is 5.91 Å². The molecule has 0 heterocycles. The molecule has 104 valence electrons. The molecule has 19 heavy (non-hydrogen) atoms. The average Bonchev–Trinajstić information content (AvgIpc) is 2.36. The Kier molecular flexibility index (Phi) is 5.46. The monoisotopic (exact) mass is 387 g/mol. The highest BCUT2D eigenvalue weighted by Gasteiger charge is 2.19. The van der Waals surface area contributed by atoms with Gasteiger partial charge in [0.2, 0.25) is 0 Å². The topological polar surface area (TPSA) is 29.1 Å². The maximum absolute atomic E-state index is 12.1. The Morgan fingerprint density at radius 3 is 2.32 bits per heavy atom. The molecule has 0 saturated heterocycles. The zero-order chi connectivity index (χ0) is 13.8. The maximum Gasteiger partial charge on any atom is 0.251 e. The molecule has 0 bridgehead atoms. The van der Waals surface area contributed by atoms with Gasteiger partial charge in [-0.25, -0.2) is 0 Å². The van der Waals surface area contributed by atoms with Crippen LogP contribution >= 0.6 is 31.9 Å². The summed E-state index contributed by atoms with van der Waals surface area (Å²) < 4.78 is 1.83. The SMILES string of the molecule is CC1CCC(CNC(=O)c2cc(Br)cc(Br)c2)CC1. The molecule has 1 aromatic carbocycles. The number of carbonyl (C=O) groups is 1. The minimum absolute atomic E-state index is 0.0145. The summed E-state index contributed by atoms with van der Waals surface area (Å²) in [5, 5.41) is 3.06. The Bertz CT molecular complexity index is 433. The highest BCUT2D eigenvalue weighted by atomic mass is 79.9. The fourth-order valence-corrected chi connectivity index (χ4v) is 3.85. The first-order valence-corrected chi connectivity index (χ1v) is 8.37. The number of hydrogen-bond donors (Lipinski definition) is 1. The molecule has 0 aliphatic heterocycles. The first-order chi connectivity index (χ1) is 9.04. The molecule has 2 rings (SSSR count). The summed E-state index contributed by atoms with van der Waals surface area (Å²) in [5.41, 5.74) is 0.699. The molecule has 1 aliphatic rings. The van der Waals surface area contributed by atoms with E-state index in [1.807, 2.05) is 18.2 Å². The summed E-state index contributed by atoms with van der Waals surface area (Å²) in [4.78, 5) is 12.1. The van der Waals surface area contributed by atoms with Crippen molar-refractivity contribution >= 4 is 37.8 Å². The summed E-state index contributed by atoms with van der Waals surface area (Å²) >= 11 is 6.81. The van der Waals surface area contributed by atoms with E-state index in [1.54, 1.807) is 0 Å². The third-order valence-electron chi connectivity index (χ3n) is 3.81. The summed E-state index contributed by atoms with van der Waals surface area (Å²) in [7, 11) is 0. The zero-order valence-electron chi connectivity index (χ0n) is 11.1. The molecule has 4 heteroatoms. The molecule has 0 radical (unpaired) electrons. The third kappa shape index (κ3) is 4.60. The van der Waals surface area contributed by atoms with Gasteiger partial charge in [-0.15, -0.1) is 0 Å². The predicted octanol–water partition coefficient (Wildman–Crippen LogP) is 4.77. The van der Waals surface area contributed by atoms with Gasteiger partial charge in [-0.2, -0.15) is 0 Å². The Morgan fingerprint density at radius 1 is 1.16 bits per heavy atom. The van der Waals surface area contributed by atoms with Crippen molar-refractivity contribution in [3.05, 3.63) is 32.7 Å². The number of benzene rings is 1. The second-order valence-corrected chi connectivity index (χ2v) is 7.33. The molecule has 1 fully saturated rings. The van der Waals surface area contributed by atoms with Crippen LogP contribution in [-0.4, -0.2) is 12.5 Å². The number of hydrogen-bond acceptors (Lipinski definition) is 1. The molecular weight excluding hydrogens is 370 g/mol. The molecular formula is C15H19Br2NO. The van der Waals surface area contributed by atoms with E-state index in [4.69, 9.17) is 0 Å². The zero-order valence-corrected chi connectivity index (χ0v) is 14.3. The summed E-state index contributed by atoms with van der Waals surface area (Å²) in [5.74, 6) is 1.52. The Hall–Kier alpha value is -0.350. The Morgan fingerprint density at radius 2 is 1.74 bits per heavy atom. The van der Waals surface area contributed by atoms with Gasteiger partial charge in [-0.05, 0) is 42.9 Å². The number of carbonyl (C=O) groups excluding carboxylic acids is 1. The van der Waals surface area contributed by atoms with Crippen LogP contribution in [0.15, 0.2) is 27.1 Å². The number of amides is 1. The van der Waals surface area contributed by atoms with Gasteiger partial charge < -0.3 is 5.32 Å². The van der Waals surface area contributed by atoms with E-state index in [9.17, 15) is 4.79 Å². The van der Waals surface area contributed by atoms with Gasteiger partial charge in [0.05, 0.1) is 0 Å². The van der Waals surface area contributed by atoms with Crippen molar-refractivity contribution in [3.63, 3.8) is 0 Å².